The average Bonchev–Trinajstić information content (AvgIpc) is 1.59. The number of benzene rings is 10. The molecule has 13 rings (SSSR count). The van der Waals surface area contributed by atoms with E-state index >= 15 is 0 Å². The molecule has 6 N–H and O–H groups in total. The van der Waals surface area contributed by atoms with Crippen LogP contribution >= 0.6 is 0 Å². The second kappa shape index (κ2) is 51.9. The number of aryl methyl sites for hydroxylation is 3. The highest BCUT2D eigenvalue weighted by atomic mass is 16.5. The minimum atomic E-state index is -0.939. The molecule has 29 heteroatoms. The molecule has 0 spiro atoms. The van der Waals surface area contributed by atoms with Gasteiger partial charge >= 0.3 is 5.97 Å². The number of nitrogens with zero attached hydrogens (tertiary/aromatic N) is 7. The number of hydrogen-bond acceptors (Lipinski definition) is 23. The van der Waals surface area contributed by atoms with E-state index in [2.05, 4.69) is 46.7 Å². The number of para-hydroxylation sites is 4. The van der Waals surface area contributed by atoms with Gasteiger partial charge in [-0.3, -0.25) is 28.4 Å². The van der Waals surface area contributed by atoms with Crippen molar-refractivity contribution in [1.82, 2.24) is 44.9 Å². The highest BCUT2D eigenvalue weighted by Crippen LogP contribution is 2.38. The van der Waals surface area contributed by atoms with Crippen LogP contribution in [0.15, 0.2) is 237 Å². The normalized spacial score (nSPS) is 10.8. The van der Waals surface area contributed by atoms with Crippen molar-refractivity contribution in [3.63, 3.8) is 0 Å². The number of carboxylic acid groups (broad SMARTS) is 1. The minimum absolute atomic E-state index is 0.0377. The maximum atomic E-state index is 14.2. The molecule has 0 fully saturated rings. The number of nitrogens with two attached hydrogens (primary N) is 1. The Bertz CT molecular complexity index is 5980. The van der Waals surface area contributed by atoms with E-state index < -0.39 is 5.97 Å². The number of aromatic carboxylic acids is 1. The van der Waals surface area contributed by atoms with Crippen molar-refractivity contribution < 1.29 is 91.0 Å². The summed E-state index contributed by atoms with van der Waals surface area (Å²) in [5, 5.41) is 38.3. The van der Waals surface area contributed by atoms with Crippen LogP contribution in [0.4, 0.5) is 0 Å². The van der Waals surface area contributed by atoms with Crippen molar-refractivity contribution in [3.05, 3.63) is 326 Å². The van der Waals surface area contributed by atoms with Gasteiger partial charge in [-0.05, 0) is 89.5 Å². The van der Waals surface area contributed by atoms with Crippen molar-refractivity contribution in [2.45, 2.75) is 138 Å². The quantitative estimate of drug-likeness (QED) is 0.0234. The molecule has 0 aliphatic heterocycles. The molecular weight excluding hydrogens is 1730 g/mol. The molecule has 136 heavy (non-hydrogen) atoms. The van der Waals surface area contributed by atoms with E-state index in [0.717, 1.165) is 102 Å². The van der Waals surface area contributed by atoms with E-state index in [9.17, 15) is 24.3 Å². The zero-order valence-electron chi connectivity index (χ0n) is 82.0. The van der Waals surface area contributed by atoms with Gasteiger partial charge in [0, 0.05) is 115 Å². The fourth-order valence-electron chi connectivity index (χ4n) is 13.5. The van der Waals surface area contributed by atoms with E-state index in [1.165, 1.54) is 11.8 Å². The third-order valence-corrected chi connectivity index (χ3v) is 21.3. The van der Waals surface area contributed by atoms with Crippen LogP contribution in [0.5, 0.6) is 80.5 Å². The molecule has 0 bridgehead atoms. The number of amides is 2. The van der Waals surface area contributed by atoms with Crippen molar-refractivity contribution >= 4 is 24.1 Å². The Kier molecular flexibility index (Phi) is 40.6. The molecule has 3 heterocycles. The smallest absolute Gasteiger partial charge is 0.354 e. The van der Waals surface area contributed by atoms with Gasteiger partial charge in [-0.1, -0.05) is 208 Å². The summed E-state index contributed by atoms with van der Waals surface area (Å²) in [5.41, 5.74) is 17.8. The summed E-state index contributed by atoms with van der Waals surface area (Å²) < 4.78 is 76.1. The number of rotatable bonds is 34. The van der Waals surface area contributed by atoms with E-state index in [1.807, 2.05) is 230 Å². The molecule has 13 aromatic rings. The van der Waals surface area contributed by atoms with Crippen molar-refractivity contribution in [1.29, 1.82) is 0 Å². The number of nitrogens with one attached hydrogen (secondary N) is 2. The first-order chi connectivity index (χ1) is 65.1. The fraction of sp³-hybridized carbons (Fsp3) is 0.318. The lowest BCUT2D eigenvalue weighted by Gasteiger charge is -2.26. The first-order valence-electron chi connectivity index (χ1n) is 43.9. The van der Waals surface area contributed by atoms with Gasteiger partial charge in [-0.15, -0.1) is 0 Å². The number of methoxy groups -OCH3 is 10. The molecule has 10 aromatic carbocycles. The number of carbonyl (C=O) groups is 4. The number of hydrogen-bond donors (Lipinski definition) is 5. The van der Waals surface area contributed by atoms with Gasteiger partial charge < -0.3 is 93.1 Å². The molecule has 0 atom stereocenters. The SMILES string of the molecule is COc1ccc(CN(Cc2cccc(OC)c2OCc2ccccc2)C(=O)c2cc(C(C)(C)C)nn2C)c(OC)c1.COc1ccc(CN)c(OC)c1.COc1ccc(CNCc2cccc(OC)c2OCc2ccccc2)c(OC)c1.COc1cccc(C=O)c1OCc1ccccc1.COc1cccc(CNC(=O)c2cc(C(C)(C)C)nn2C)c1O.Cn1nc(C(C)(C)C)cc1C(=O)O. The van der Waals surface area contributed by atoms with Crippen LogP contribution in [0.1, 0.15) is 171 Å². The van der Waals surface area contributed by atoms with E-state index in [4.69, 9.17) is 72.4 Å². The monoisotopic (exact) mass is 1860 g/mol. The largest absolute Gasteiger partial charge is 0.504 e. The van der Waals surface area contributed by atoms with Crippen LogP contribution in [-0.4, -0.2) is 140 Å². The van der Waals surface area contributed by atoms with Gasteiger partial charge in [0.2, 0.25) is 0 Å². The summed E-state index contributed by atoms with van der Waals surface area (Å²) >= 11 is 0. The minimum Gasteiger partial charge on any atom is -0.504 e. The number of ether oxygens (including phenoxy) is 13. The highest BCUT2D eigenvalue weighted by Gasteiger charge is 2.29. The van der Waals surface area contributed by atoms with Gasteiger partial charge in [-0.2, -0.15) is 15.3 Å². The number of carbonyl (C=O) groups excluding carboxylic acids is 3. The zero-order valence-corrected chi connectivity index (χ0v) is 82.0. The van der Waals surface area contributed by atoms with Crippen LogP contribution < -0.4 is 77.9 Å². The molecule has 0 saturated carbocycles. The maximum Gasteiger partial charge on any atom is 0.354 e. The summed E-state index contributed by atoms with van der Waals surface area (Å²) in [4.78, 5) is 50.0. The molecule has 0 radical (unpaired) electrons. The second-order valence-corrected chi connectivity index (χ2v) is 34.0. The number of carboxylic acids is 1. The topological polar surface area (TPSA) is 336 Å². The van der Waals surface area contributed by atoms with Crippen LogP contribution in [-0.2, 0) is 96.5 Å². The lowest BCUT2D eigenvalue weighted by molar-refractivity contribution is 0.0682. The van der Waals surface area contributed by atoms with E-state index in [-0.39, 0.29) is 59.1 Å². The predicted octanol–water partition coefficient (Wildman–Crippen LogP) is 18.8. The lowest BCUT2D eigenvalue weighted by Crippen LogP contribution is -2.32. The molecule has 2 amide bonds. The molecule has 0 aliphatic rings. The molecule has 722 valence electrons. The summed E-state index contributed by atoms with van der Waals surface area (Å²) in [6.45, 7) is 22.2. The average molecular weight is 1860 g/mol. The van der Waals surface area contributed by atoms with Gasteiger partial charge in [-0.25, -0.2) is 4.79 Å². The Morgan fingerprint density at radius 1 is 0.375 bits per heavy atom. The van der Waals surface area contributed by atoms with E-state index in [0.29, 0.717) is 102 Å². The number of phenols is 1. The Morgan fingerprint density at radius 2 is 0.728 bits per heavy atom. The first-order valence-corrected chi connectivity index (χ1v) is 43.9. The lowest BCUT2D eigenvalue weighted by atomic mass is 9.92. The number of aldehydes is 1. The molecular formula is C107H130N10O19. The summed E-state index contributed by atoms with van der Waals surface area (Å²) in [6.07, 6.45) is 0.767. The Hall–Kier alpha value is -15.0. The molecule has 29 nitrogen and oxygen atoms in total. The fourth-order valence-corrected chi connectivity index (χ4v) is 13.5. The Balaban J connectivity index is 0.000000211. The number of phenolic OH excluding ortho intramolecular Hbond substituents is 1. The van der Waals surface area contributed by atoms with Crippen molar-refractivity contribution in [3.8, 4) is 80.5 Å². The summed E-state index contributed by atoms with van der Waals surface area (Å²) in [7, 11) is 21.3. The predicted molar refractivity (Wildman–Crippen MR) is 526 cm³/mol. The van der Waals surface area contributed by atoms with Crippen LogP contribution in [0, 0.1) is 0 Å². The van der Waals surface area contributed by atoms with Crippen molar-refractivity contribution in [2.75, 3.05) is 71.1 Å². The van der Waals surface area contributed by atoms with Crippen LogP contribution in [0.2, 0.25) is 0 Å². The summed E-state index contributed by atoms with van der Waals surface area (Å²) in [6, 6.07) is 74.2. The van der Waals surface area contributed by atoms with Crippen molar-refractivity contribution in [2.24, 2.45) is 26.9 Å². The molecule has 0 saturated heterocycles. The maximum absolute atomic E-state index is 14.2. The standard InChI is InChI=1S/C33H39N3O5.C24H27NO4.C17H23N3O3.C15H14O3.C9H14N2O2.C9H13NO2/c1-33(2,3)30-19-27(35(4)34-30)32(37)36(20-24-16-17-26(38-5)18-29(24)40-7)21-25-14-11-15-28(39-6)31(25)41-22-23-12-9-8-10-13-23;1-26-21-13-12-19(23(14-21)28-3)15-25-16-20-10-7-11-22(27-2)24(20)29-17-18-8-5-4-6-9-18;1-17(2,3)14-9-12(20(4)19-14)16(22)18-10-11-7-6-8-13(23-5)15(11)21;1-17-14-9-5-8-13(10-16)15(14)18-11-12-6-3-2-4-7-12;1-9(2,3)7-5-6(8(12)13)11(4)10-7;1-11-8-4-3-7(6-10)9(5-8)12-2/h8-19H,20-22H2,1-7H3;4-14,25H,15-17H2,1-3H3;6-9,21H,10H2,1-5H3,(H,18,22);2-10H,11H2,1H3;5H,1-4H3,(H,12,13);3-5H,6,10H2,1-2H3. The second-order valence-electron chi connectivity index (χ2n) is 34.0. The van der Waals surface area contributed by atoms with Gasteiger partial charge in [0.25, 0.3) is 11.8 Å². The zero-order chi connectivity index (χ0) is 99.2. The Labute approximate surface area is 798 Å². The highest BCUT2D eigenvalue weighted by molar-refractivity contribution is 5.93. The number of aromatic nitrogens is 6. The molecule has 0 aliphatic carbocycles. The van der Waals surface area contributed by atoms with Crippen LogP contribution in [0.3, 0.4) is 0 Å². The Morgan fingerprint density at radius 3 is 1.15 bits per heavy atom. The third kappa shape index (κ3) is 30.8. The van der Waals surface area contributed by atoms with Gasteiger partial charge in [0.05, 0.1) is 107 Å². The van der Waals surface area contributed by atoms with Gasteiger partial charge in [0.15, 0.2) is 52.3 Å². The summed E-state index contributed by atoms with van der Waals surface area (Å²) in [5.74, 6) is 7.24. The van der Waals surface area contributed by atoms with Gasteiger partial charge in [0.1, 0.15) is 71.4 Å². The number of aromatic hydroxyl groups is 1. The first kappa shape index (κ1) is 106. The van der Waals surface area contributed by atoms with Crippen LogP contribution in [0.25, 0.3) is 0 Å². The molecule has 0 unspecified atom stereocenters. The third-order valence-electron chi connectivity index (χ3n) is 21.3. The molecule has 3 aromatic heterocycles. The van der Waals surface area contributed by atoms with E-state index in [1.54, 1.807) is 148 Å².